The van der Waals surface area contributed by atoms with Crippen molar-refractivity contribution in [3.8, 4) is 5.75 Å². The maximum atomic E-state index is 6.20. The van der Waals surface area contributed by atoms with Crippen molar-refractivity contribution in [3.63, 3.8) is 0 Å². The fraction of sp³-hybridized carbons (Fsp3) is 0.414. The van der Waals surface area contributed by atoms with Gasteiger partial charge in [-0.1, -0.05) is 41.6 Å². The second-order valence-electron chi connectivity index (χ2n) is 9.90. The van der Waals surface area contributed by atoms with Crippen LogP contribution in [0.3, 0.4) is 0 Å². The van der Waals surface area contributed by atoms with Crippen molar-refractivity contribution in [2.75, 3.05) is 27.2 Å². The summed E-state index contributed by atoms with van der Waals surface area (Å²) in [5, 5.41) is 7.73. The molecular formula is C29H35N3O2S. The number of rotatable bonds is 10. The summed E-state index contributed by atoms with van der Waals surface area (Å²) < 4.78 is 12.1. The van der Waals surface area contributed by atoms with Crippen molar-refractivity contribution in [2.45, 2.75) is 45.4 Å². The van der Waals surface area contributed by atoms with Gasteiger partial charge in [0.25, 0.3) is 0 Å². The first-order valence-corrected chi connectivity index (χ1v) is 13.5. The third-order valence-electron chi connectivity index (χ3n) is 6.95. The second kappa shape index (κ2) is 11.4. The molecule has 2 aromatic heterocycles. The molecule has 4 aromatic rings. The first kappa shape index (κ1) is 24.0. The highest BCUT2D eigenvalue weighted by Crippen LogP contribution is 2.33. The predicted molar refractivity (Wildman–Crippen MR) is 143 cm³/mol. The second-order valence-corrected chi connectivity index (χ2v) is 10.9. The number of thiophene rings is 1. The highest BCUT2D eigenvalue weighted by Gasteiger charge is 2.22. The van der Waals surface area contributed by atoms with Crippen molar-refractivity contribution in [1.29, 1.82) is 0 Å². The highest BCUT2D eigenvalue weighted by molar-refractivity contribution is 7.09. The van der Waals surface area contributed by atoms with Crippen molar-refractivity contribution in [3.05, 3.63) is 81.7 Å². The van der Waals surface area contributed by atoms with E-state index in [0.29, 0.717) is 6.61 Å². The van der Waals surface area contributed by atoms with Gasteiger partial charge in [-0.15, -0.1) is 11.3 Å². The lowest BCUT2D eigenvalue weighted by atomic mass is 9.91. The van der Waals surface area contributed by atoms with Crippen LogP contribution in [0, 0.1) is 5.92 Å². The molecule has 1 saturated heterocycles. The fourth-order valence-corrected chi connectivity index (χ4v) is 5.65. The topological polar surface area (TPSA) is 41.7 Å². The molecule has 0 bridgehead atoms. The molecule has 1 fully saturated rings. The van der Waals surface area contributed by atoms with E-state index in [1.807, 2.05) is 0 Å². The smallest absolute Gasteiger partial charge is 0.175 e. The quantitative estimate of drug-likeness (QED) is 0.259. The molecule has 0 saturated carbocycles. The number of likely N-dealkylation sites (tertiary alicyclic amines) is 1. The number of hydrogen-bond acceptors (Lipinski definition) is 6. The maximum Gasteiger partial charge on any atom is 0.175 e. The third kappa shape index (κ3) is 6.13. The number of benzene rings is 2. The van der Waals surface area contributed by atoms with E-state index in [1.54, 1.807) is 11.3 Å². The van der Waals surface area contributed by atoms with Crippen LogP contribution in [0.1, 0.15) is 41.0 Å². The summed E-state index contributed by atoms with van der Waals surface area (Å²) in [7, 11) is 4.15. The molecule has 0 unspecified atom stereocenters. The Balaban J connectivity index is 1.21. The van der Waals surface area contributed by atoms with E-state index < -0.39 is 0 Å². The van der Waals surface area contributed by atoms with Gasteiger partial charge >= 0.3 is 0 Å². The summed E-state index contributed by atoms with van der Waals surface area (Å²) in [6, 6.07) is 19.2. The zero-order chi connectivity index (χ0) is 24.0. The van der Waals surface area contributed by atoms with Gasteiger partial charge in [0.05, 0.1) is 11.3 Å². The number of piperidine rings is 1. The summed E-state index contributed by atoms with van der Waals surface area (Å²) in [4.78, 5) is 5.95. The molecule has 0 amide bonds. The molecule has 184 valence electrons. The molecule has 3 heterocycles. The van der Waals surface area contributed by atoms with E-state index >= 15 is 0 Å². The van der Waals surface area contributed by atoms with Crippen LogP contribution < -0.4 is 4.74 Å². The van der Waals surface area contributed by atoms with Crippen LogP contribution >= 0.6 is 11.3 Å². The molecule has 0 atom stereocenters. The van der Waals surface area contributed by atoms with Crippen molar-refractivity contribution >= 4 is 22.3 Å². The van der Waals surface area contributed by atoms with Gasteiger partial charge in [-0.25, -0.2) is 0 Å². The van der Waals surface area contributed by atoms with Crippen LogP contribution in [0.15, 0.2) is 64.5 Å². The van der Waals surface area contributed by atoms with Gasteiger partial charge in [0.2, 0.25) is 0 Å². The van der Waals surface area contributed by atoms with E-state index in [4.69, 9.17) is 9.26 Å². The molecule has 6 heteroatoms. The highest BCUT2D eigenvalue weighted by atomic mass is 32.1. The Morgan fingerprint density at radius 2 is 1.89 bits per heavy atom. The van der Waals surface area contributed by atoms with Crippen LogP contribution in [-0.4, -0.2) is 42.1 Å². The Hall–Kier alpha value is -2.67. The average Bonchev–Trinajstić information content (AvgIpc) is 3.54. The zero-order valence-corrected chi connectivity index (χ0v) is 21.6. The maximum absolute atomic E-state index is 6.20. The van der Waals surface area contributed by atoms with Crippen molar-refractivity contribution in [2.24, 2.45) is 5.92 Å². The minimum absolute atomic E-state index is 0.577. The third-order valence-corrected chi connectivity index (χ3v) is 7.80. The minimum atomic E-state index is 0.577. The first-order chi connectivity index (χ1) is 17.2. The van der Waals surface area contributed by atoms with Crippen LogP contribution in [0.25, 0.3) is 11.0 Å². The van der Waals surface area contributed by atoms with Gasteiger partial charge in [0.15, 0.2) is 5.58 Å². The summed E-state index contributed by atoms with van der Waals surface area (Å²) >= 11 is 1.72. The zero-order valence-electron chi connectivity index (χ0n) is 20.8. The Kier molecular flexibility index (Phi) is 7.82. The van der Waals surface area contributed by atoms with Crippen LogP contribution in [0.5, 0.6) is 5.75 Å². The Morgan fingerprint density at radius 1 is 1.06 bits per heavy atom. The van der Waals surface area contributed by atoms with Crippen molar-refractivity contribution < 1.29 is 9.26 Å². The van der Waals surface area contributed by atoms with Crippen LogP contribution in [0.4, 0.5) is 0 Å². The van der Waals surface area contributed by atoms with Gasteiger partial charge in [-0.2, -0.15) is 0 Å². The molecule has 1 aliphatic heterocycles. The van der Waals surface area contributed by atoms with Gasteiger partial charge in [-0.05, 0) is 87.9 Å². The molecule has 5 rings (SSSR count). The summed E-state index contributed by atoms with van der Waals surface area (Å²) in [6.07, 6.45) is 4.65. The molecule has 0 N–H and O–H groups in total. The van der Waals surface area contributed by atoms with E-state index in [-0.39, 0.29) is 0 Å². The standard InChI is InChI=1S/C29H35N3O2S/c1-31(2)20-26-28(33-21-24-9-6-18-35-24)13-11-25-27(30-34-29(25)26)12-10-22-14-16-32(17-15-22)19-23-7-4-3-5-8-23/h3-9,11,13,18,22H,10,12,14-17,19-21H2,1-2H3. The number of aryl methyl sites for hydroxylation is 1. The van der Waals surface area contributed by atoms with E-state index in [1.165, 1.54) is 42.8 Å². The van der Waals surface area contributed by atoms with Gasteiger partial charge in [0.1, 0.15) is 12.4 Å². The Labute approximate surface area is 212 Å². The lowest BCUT2D eigenvalue weighted by Crippen LogP contribution is -2.33. The Bertz CT molecular complexity index is 1200. The number of nitrogens with zero attached hydrogens (tertiary/aromatic N) is 3. The van der Waals surface area contributed by atoms with Gasteiger partial charge in [0, 0.05) is 23.4 Å². The monoisotopic (exact) mass is 489 g/mol. The predicted octanol–water partition coefficient (Wildman–Crippen LogP) is 6.37. The van der Waals surface area contributed by atoms with E-state index in [2.05, 4.69) is 89.0 Å². The summed E-state index contributed by atoms with van der Waals surface area (Å²) in [6.45, 7) is 4.75. The molecule has 35 heavy (non-hydrogen) atoms. The van der Waals surface area contributed by atoms with Crippen molar-refractivity contribution in [1.82, 2.24) is 15.0 Å². The molecule has 1 aliphatic rings. The number of hydrogen-bond donors (Lipinski definition) is 0. The van der Waals surface area contributed by atoms with E-state index in [9.17, 15) is 0 Å². The molecule has 5 nitrogen and oxygen atoms in total. The molecule has 2 aromatic carbocycles. The SMILES string of the molecule is CN(C)Cc1c(OCc2cccs2)ccc2c(CCC3CCN(Cc4ccccc4)CC3)noc12. The largest absolute Gasteiger partial charge is 0.488 e. The normalized spacial score (nSPS) is 15.3. The van der Waals surface area contributed by atoms with E-state index in [0.717, 1.165) is 53.4 Å². The van der Waals surface area contributed by atoms with Gasteiger partial charge in [-0.3, -0.25) is 4.90 Å². The number of aromatic nitrogens is 1. The minimum Gasteiger partial charge on any atom is -0.488 e. The van der Waals surface area contributed by atoms with Crippen LogP contribution in [0.2, 0.25) is 0 Å². The molecule has 0 radical (unpaired) electrons. The molecular weight excluding hydrogens is 454 g/mol. The first-order valence-electron chi connectivity index (χ1n) is 12.6. The Morgan fingerprint density at radius 3 is 2.63 bits per heavy atom. The average molecular weight is 490 g/mol. The molecule has 0 spiro atoms. The lowest BCUT2D eigenvalue weighted by Gasteiger charge is -2.31. The number of fused-ring (bicyclic) bond motifs is 1. The fourth-order valence-electron chi connectivity index (χ4n) is 5.03. The summed E-state index contributed by atoms with van der Waals surface area (Å²) in [5.74, 6) is 1.64. The number of ether oxygens (including phenoxy) is 1. The van der Waals surface area contributed by atoms with Crippen LogP contribution in [-0.2, 0) is 26.1 Å². The summed E-state index contributed by atoms with van der Waals surface area (Å²) in [5.41, 5.74) is 4.44. The van der Waals surface area contributed by atoms with Gasteiger partial charge < -0.3 is 14.2 Å². The molecule has 0 aliphatic carbocycles. The lowest BCUT2D eigenvalue weighted by molar-refractivity contribution is 0.172.